The third-order valence-corrected chi connectivity index (χ3v) is 2.45. The second-order valence-electron chi connectivity index (χ2n) is 3.89. The third kappa shape index (κ3) is 4.16. The van der Waals surface area contributed by atoms with Gasteiger partial charge in [0.15, 0.2) is 0 Å². The summed E-state index contributed by atoms with van der Waals surface area (Å²) >= 11 is 0. The molecule has 92 valence electrons. The maximum Gasteiger partial charge on any atom is 0.436 e. The number of carboxylic acids is 1. The topological polar surface area (TPSA) is 78.9 Å². The molecular weight excluding hydrogens is 212 g/mol. The lowest BCUT2D eigenvalue weighted by Crippen LogP contribution is -2.58. The molecule has 0 aromatic heterocycles. The van der Waals surface area contributed by atoms with E-state index in [1.54, 1.807) is 0 Å². The summed E-state index contributed by atoms with van der Waals surface area (Å²) in [7, 11) is 0. The normalized spacial score (nSPS) is 16.8. The van der Waals surface area contributed by atoms with Crippen molar-refractivity contribution in [2.75, 3.05) is 19.6 Å². The molecule has 0 atom stereocenters. The van der Waals surface area contributed by atoms with Crippen LogP contribution in [-0.4, -0.2) is 47.8 Å². The molecule has 16 heavy (non-hydrogen) atoms. The number of nitrogens with one attached hydrogen (secondary N) is 1. The molecule has 2 N–H and O–H groups in total. The number of aliphatic carboxylic acids is 1. The first-order valence-electron chi connectivity index (χ1n) is 5.57. The fourth-order valence-electron chi connectivity index (χ4n) is 1.48. The van der Waals surface area contributed by atoms with Crippen molar-refractivity contribution in [3.8, 4) is 0 Å². The van der Waals surface area contributed by atoms with Gasteiger partial charge in [0.1, 0.15) is 0 Å². The van der Waals surface area contributed by atoms with Crippen LogP contribution in [0, 0.1) is 0 Å². The number of hydroxylamine groups is 2. The minimum Gasteiger partial charge on any atom is -0.473 e. The van der Waals surface area contributed by atoms with Crippen molar-refractivity contribution in [3.63, 3.8) is 0 Å². The van der Waals surface area contributed by atoms with Gasteiger partial charge in [-0.2, -0.15) is 0 Å². The smallest absolute Gasteiger partial charge is 0.436 e. The van der Waals surface area contributed by atoms with Crippen LogP contribution in [0.3, 0.4) is 0 Å². The van der Waals surface area contributed by atoms with Crippen LogP contribution in [0.25, 0.3) is 0 Å². The highest BCUT2D eigenvalue weighted by molar-refractivity contribution is 6.28. The van der Waals surface area contributed by atoms with E-state index in [-0.39, 0.29) is 0 Å². The molecule has 1 fully saturated rings. The van der Waals surface area contributed by atoms with E-state index >= 15 is 0 Å². The molecule has 1 saturated heterocycles. The number of hydrogen-bond donors (Lipinski definition) is 2. The molecule has 0 saturated carbocycles. The first-order chi connectivity index (χ1) is 7.63. The third-order valence-electron chi connectivity index (χ3n) is 2.45. The number of nitrogens with zero attached hydrogens (tertiary/aromatic N) is 1. The second kappa shape index (κ2) is 6.44. The zero-order valence-corrected chi connectivity index (χ0v) is 9.44. The molecule has 0 bridgehead atoms. The average Bonchev–Trinajstić information content (AvgIpc) is 2.19. The van der Waals surface area contributed by atoms with Gasteiger partial charge < -0.3 is 15.3 Å². The van der Waals surface area contributed by atoms with E-state index < -0.39 is 11.9 Å². The monoisotopic (exact) mass is 230 g/mol. The summed E-state index contributed by atoms with van der Waals surface area (Å²) in [5, 5.41) is 13.0. The average molecular weight is 230 g/mol. The predicted octanol–water partition coefficient (Wildman–Crippen LogP) is -0.00680. The van der Waals surface area contributed by atoms with E-state index in [0.717, 1.165) is 13.0 Å². The van der Waals surface area contributed by atoms with E-state index in [1.165, 1.54) is 17.9 Å². The van der Waals surface area contributed by atoms with Gasteiger partial charge >= 0.3 is 11.9 Å². The van der Waals surface area contributed by atoms with Gasteiger partial charge in [0.25, 0.3) is 0 Å². The molecule has 0 amide bonds. The number of carbonyl (C=O) groups excluding carboxylic acids is 1. The molecule has 1 heterocycles. The highest BCUT2D eigenvalue weighted by Crippen LogP contribution is 2.08. The lowest BCUT2D eigenvalue weighted by atomic mass is 10.1. The van der Waals surface area contributed by atoms with Crippen LogP contribution < -0.4 is 5.32 Å². The molecule has 0 unspecified atom stereocenters. The summed E-state index contributed by atoms with van der Waals surface area (Å²) in [6.45, 7) is 4.23. The first-order valence-corrected chi connectivity index (χ1v) is 5.57. The lowest BCUT2D eigenvalue weighted by Gasteiger charge is -2.37. The van der Waals surface area contributed by atoms with Gasteiger partial charge in [-0.15, -0.1) is 5.06 Å². The first kappa shape index (κ1) is 12.9. The molecule has 0 spiro atoms. The van der Waals surface area contributed by atoms with Crippen molar-refractivity contribution >= 4 is 11.9 Å². The summed E-state index contributed by atoms with van der Waals surface area (Å²) in [5.41, 5.74) is 0. The Morgan fingerprint density at radius 2 is 2.12 bits per heavy atom. The summed E-state index contributed by atoms with van der Waals surface area (Å²) in [4.78, 5) is 25.4. The lowest BCUT2D eigenvalue weighted by molar-refractivity contribution is -0.217. The Morgan fingerprint density at radius 1 is 1.44 bits per heavy atom. The number of carboxylic acid groups (broad SMARTS) is 1. The quantitative estimate of drug-likeness (QED) is 0.493. The summed E-state index contributed by atoms with van der Waals surface area (Å²) in [5.74, 6) is -2.77. The Labute approximate surface area is 94.5 Å². The second-order valence-corrected chi connectivity index (χ2v) is 3.89. The number of unbranched alkanes of at least 4 members (excludes halogenated alkanes) is 2. The Bertz CT molecular complexity index is 251. The van der Waals surface area contributed by atoms with Crippen LogP contribution in [-0.2, 0) is 14.4 Å². The SMILES string of the molecule is CCCCCNC1CN(OC(=O)C(=O)O)C1. The van der Waals surface area contributed by atoms with Crippen LogP contribution in [0.15, 0.2) is 0 Å². The molecule has 6 nitrogen and oxygen atoms in total. The maximum atomic E-state index is 10.7. The molecule has 0 aliphatic carbocycles. The molecule has 1 aliphatic heterocycles. The van der Waals surface area contributed by atoms with Gasteiger partial charge in [-0.25, -0.2) is 9.59 Å². The van der Waals surface area contributed by atoms with E-state index in [2.05, 4.69) is 17.1 Å². The van der Waals surface area contributed by atoms with Crippen molar-refractivity contribution in [1.29, 1.82) is 0 Å². The van der Waals surface area contributed by atoms with Crippen molar-refractivity contribution in [2.24, 2.45) is 0 Å². The zero-order chi connectivity index (χ0) is 12.0. The van der Waals surface area contributed by atoms with Crippen LogP contribution >= 0.6 is 0 Å². The summed E-state index contributed by atoms with van der Waals surface area (Å²) < 4.78 is 0. The van der Waals surface area contributed by atoms with Crippen LogP contribution in [0.5, 0.6) is 0 Å². The van der Waals surface area contributed by atoms with Gasteiger partial charge in [-0.3, -0.25) is 0 Å². The zero-order valence-electron chi connectivity index (χ0n) is 9.44. The van der Waals surface area contributed by atoms with Gasteiger partial charge in [-0.05, 0) is 13.0 Å². The molecule has 1 rings (SSSR count). The van der Waals surface area contributed by atoms with Crippen LogP contribution in [0.2, 0.25) is 0 Å². The summed E-state index contributed by atoms with van der Waals surface area (Å²) in [6.07, 6.45) is 3.54. The minimum absolute atomic E-state index is 0.304. The largest absolute Gasteiger partial charge is 0.473 e. The Balaban J connectivity index is 2.00. The van der Waals surface area contributed by atoms with E-state index in [1.807, 2.05) is 0 Å². The Morgan fingerprint density at radius 3 is 2.69 bits per heavy atom. The number of rotatable bonds is 6. The molecular formula is C10H18N2O4. The minimum atomic E-state index is -1.56. The van der Waals surface area contributed by atoms with E-state index in [0.29, 0.717) is 19.1 Å². The molecule has 0 aromatic rings. The highest BCUT2D eigenvalue weighted by atomic mass is 16.7. The molecule has 0 radical (unpaired) electrons. The van der Waals surface area contributed by atoms with Gasteiger partial charge in [0, 0.05) is 6.04 Å². The highest BCUT2D eigenvalue weighted by Gasteiger charge is 2.31. The van der Waals surface area contributed by atoms with Crippen molar-refractivity contribution in [1.82, 2.24) is 10.4 Å². The van der Waals surface area contributed by atoms with Crippen molar-refractivity contribution in [2.45, 2.75) is 32.2 Å². The molecule has 1 aliphatic rings. The Hall–Kier alpha value is -1.14. The fraction of sp³-hybridized carbons (Fsp3) is 0.800. The Kier molecular flexibility index (Phi) is 5.21. The van der Waals surface area contributed by atoms with Gasteiger partial charge in [0.2, 0.25) is 0 Å². The van der Waals surface area contributed by atoms with E-state index in [9.17, 15) is 9.59 Å². The van der Waals surface area contributed by atoms with Gasteiger partial charge in [-0.1, -0.05) is 19.8 Å². The van der Waals surface area contributed by atoms with Crippen molar-refractivity contribution in [3.05, 3.63) is 0 Å². The maximum absolute atomic E-state index is 10.7. The summed E-state index contributed by atoms with van der Waals surface area (Å²) in [6, 6.07) is 0.304. The van der Waals surface area contributed by atoms with Crippen LogP contribution in [0.4, 0.5) is 0 Å². The number of carbonyl (C=O) groups is 2. The van der Waals surface area contributed by atoms with Crippen molar-refractivity contribution < 1.29 is 19.5 Å². The standard InChI is InChI=1S/C10H18N2O4/c1-2-3-4-5-11-8-6-12(7-8)16-10(15)9(13)14/h8,11H,2-7H2,1H3,(H,13,14). The van der Waals surface area contributed by atoms with Gasteiger partial charge in [0.05, 0.1) is 13.1 Å². The molecule has 0 aromatic carbocycles. The van der Waals surface area contributed by atoms with Crippen LogP contribution in [0.1, 0.15) is 26.2 Å². The predicted molar refractivity (Wildman–Crippen MR) is 56.6 cm³/mol. The van der Waals surface area contributed by atoms with E-state index in [4.69, 9.17) is 5.11 Å². The number of hydrogen-bond acceptors (Lipinski definition) is 5. The molecule has 6 heteroatoms. The fourth-order valence-corrected chi connectivity index (χ4v) is 1.48.